The molecule has 5 nitrogen and oxygen atoms in total. The van der Waals surface area contributed by atoms with E-state index in [1.165, 1.54) is 7.11 Å². The van der Waals surface area contributed by atoms with Crippen LogP contribution in [0.2, 0.25) is 0 Å². The number of methoxy groups -OCH3 is 1. The Labute approximate surface area is 120 Å². The second-order valence-corrected chi connectivity index (χ2v) is 4.77. The molecule has 0 aliphatic heterocycles. The van der Waals surface area contributed by atoms with Gasteiger partial charge in [-0.05, 0) is 36.8 Å². The third kappa shape index (κ3) is 2.12. The van der Waals surface area contributed by atoms with Crippen LogP contribution in [0, 0.1) is 6.92 Å². The van der Waals surface area contributed by atoms with Gasteiger partial charge in [-0.25, -0.2) is 9.36 Å². The molecule has 106 valence electrons. The van der Waals surface area contributed by atoms with E-state index in [0.717, 1.165) is 10.1 Å². The summed E-state index contributed by atoms with van der Waals surface area (Å²) in [6.07, 6.45) is 0. The summed E-state index contributed by atoms with van der Waals surface area (Å²) < 4.78 is 6.29. The summed E-state index contributed by atoms with van der Waals surface area (Å²) in [5.41, 5.74) is 1.12. The van der Waals surface area contributed by atoms with E-state index < -0.39 is 5.69 Å². The molecule has 1 N–H and O–H groups in total. The second-order valence-electron chi connectivity index (χ2n) is 4.77. The molecule has 0 radical (unpaired) electrons. The first-order valence-electron chi connectivity index (χ1n) is 6.51. The van der Waals surface area contributed by atoms with Gasteiger partial charge in [-0.2, -0.15) is 0 Å². The van der Waals surface area contributed by atoms with Gasteiger partial charge in [0, 0.05) is 0 Å². The molecule has 0 fully saturated rings. The Bertz CT molecular complexity index is 938. The number of aromatic nitrogens is 2. The van der Waals surface area contributed by atoms with E-state index in [2.05, 4.69) is 4.98 Å². The number of nitrogens with one attached hydrogen (secondary N) is 1. The van der Waals surface area contributed by atoms with Crippen LogP contribution in [0.15, 0.2) is 52.1 Å². The molecule has 0 saturated carbocycles. The van der Waals surface area contributed by atoms with Crippen molar-refractivity contribution in [1.29, 1.82) is 0 Å². The van der Waals surface area contributed by atoms with E-state index in [4.69, 9.17) is 4.74 Å². The summed E-state index contributed by atoms with van der Waals surface area (Å²) in [5, 5.41) is 0.414. The zero-order valence-electron chi connectivity index (χ0n) is 11.7. The molecule has 3 aromatic rings. The second kappa shape index (κ2) is 4.94. The molecule has 0 saturated heterocycles. The molecule has 0 atom stereocenters. The van der Waals surface area contributed by atoms with Crippen molar-refractivity contribution in [2.24, 2.45) is 0 Å². The monoisotopic (exact) mass is 282 g/mol. The van der Waals surface area contributed by atoms with Crippen LogP contribution in [0.4, 0.5) is 0 Å². The molecule has 0 bridgehead atoms. The number of para-hydroxylation sites is 1. The van der Waals surface area contributed by atoms with Gasteiger partial charge < -0.3 is 9.72 Å². The zero-order valence-corrected chi connectivity index (χ0v) is 11.7. The number of aromatic amines is 1. The van der Waals surface area contributed by atoms with Crippen molar-refractivity contribution in [3.63, 3.8) is 0 Å². The van der Waals surface area contributed by atoms with Crippen LogP contribution in [0.1, 0.15) is 5.56 Å². The van der Waals surface area contributed by atoms with Gasteiger partial charge in [0.2, 0.25) is 0 Å². The average molecular weight is 282 g/mol. The van der Waals surface area contributed by atoms with Gasteiger partial charge in [0.05, 0.1) is 23.7 Å². The minimum atomic E-state index is -0.452. The molecule has 0 spiro atoms. The van der Waals surface area contributed by atoms with Crippen molar-refractivity contribution in [2.75, 3.05) is 7.11 Å². The Morgan fingerprint density at radius 1 is 1.10 bits per heavy atom. The highest BCUT2D eigenvalue weighted by atomic mass is 16.5. The van der Waals surface area contributed by atoms with Gasteiger partial charge in [0.1, 0.15) is 5.75 Å². The summed E-state index contributed by atoms with van der Waals surface area (Å²) in [7, 11) is 1.53. The normalized spacial score (nSPS) is 10.8. The van der Waals surface area contributed by atoms with Crippen LogP contribution < -0.4 is 16.0 Å². The Kier molecular flexibility index (Phi) is 3.10. The number of benzene rings is 2. The summed E-state index contributed by atoms with van der Waals surface area (Å²) in [6.45, 7) is 1.86. The Hall–Kier alpha value is -2.82. The lowest BCUT2D eigenvalue weighted by molar-refractivity contribution is 0.415. The zero-order chi connectivity index (χ0) is 15.0. The first-order valence-corrected chi connectivity index (χ1v) is 6.51. The summed E-state index contributed by atoms with van der Waals surface area (Å²) in [4.78, 5) is 27.6. The van der Waals surface area contributed by atoms with Gasteiger partial charge in [0.15, 0.2) is 0 Å². The first-order chi connectivity index (χ1) is 10.1. The number of aryl methyl sites for hydroxylation is 1. The Balaban J connectivity index is 2.42. The molecular weight excluding hydrogens is 268 g/mol. The van der Waals surface area contributed by atoms with Crippen LogP contribution in [0.3, 0.4) is 0 Å². The predicted octanol–water partition coefficient (Wildman–Crippen LogP) is 2.00. The minimum absolute atomic E-state index is 0.359. The quantitative estimate of drug-likeness (QED) is 0.782. The molecule has 0 aliphatic carbocycles. The molecular formula is C16H14N2O3. The predicted molar refractivity (Wildman–Crippen MR) is 81.5 cm³/mol. The first kappa shape index (κ1) is 13.2. The average Bonchev–Trinajstić information content (AvgIpc) is 2.49. The van der Waals surface area contributed by atoms with Crippen molar-refractivity contribution in [1.82, 2.24) is 9.55 Å². The number of hydrogen-bond acceptors (Lipinski definition) is 3. The number of H-pyrrole nitrogens is 1. The van der Waals surface area contributed by atoms with Crippen molar-refractivity contribution in [2.45, 2.75) is 6.92 Å². The standard InChI is InChI=1S/C16H14N2O3/c1-10-5-3-4-6-14(10)18-15(19)12-9-11(21-2)7-8-13(12)17-16(18)20/h3-9H,1-2H3,(H,17,20). The van der Waals surface area contributed by atoms with Gasteiger partial charge >= 0.3 is 5.69 Å². The SMILES string of the molecule is COc1ccc2[nH]c(=O)n(-c3ccccc3C)c(=O)c2c1. The van der Waals surface area contributed by atoms with Crippen LogP contribution in [0.25, 0.3) is 16.6 Å². The van der Waals surface area contributed by atoms with E-state index >= 15 is 0 Å². The summed E-state index contributed by atoms with van der Waals surface area (Å²) in [5.74, 6) is 0.572. The van der Waals surface area contributed by atoms with E-state index in [9.17, 15) is 9.59 Å². The van der Waals surface area contributed by atoms with E-state index in [0.29, 0.717) is 22.3 Å². The molecule has 2 aromatic carbocycles. The molecule has 0 aliphatic rings. The highest BCUT2D eigenvalue weighted by molar-refractivity contribution is 5.79. The van der Waals surface area contributed by atoms with E-state index in [1.54, 1.807) is 30.3 Å². The van der Waals surface area contributed by atoms with E-state index in [-0.39, 0.29) is 5.56 Å². The highest BCUT2D eigenvalue weighted by Crippen LogP contribution is 2.16. The van der Waals surface area contributed by atoms with Gasteiger partial charge in [0.25, 0.3) is 5.56 Å². The van der Waals surface area contributed by atoms with Crippen LogP contribution in [-0.4, -0.2) is 16.7 Å². The molecule has 0 amide bonds. The number of nitrogens with zero attached hydrogens (tertiary/aromatic N) is 1. The fourth-order valence-corrected chi connectivity index (χ4v) is 2.35. The fraction of sp³-hybridized carbons (Fsp3) is 0.125. The molecule has 5 heteroatoms. The number of hydrogen-bond donors (Lipinski definition) is 1. The maximum Gasteiger partial charge on any atom is 0.333 e. The Morgan fingerprint density at radius 3 is 2.57 bits per heavy atom. The topological polar surface area (TPSA) is 64.1 Å². The molecule has 1 aromatic heterocycles. The van der Waals surface area contributed by atoms with Crippen LogP contribution in [-0.2, 0) is 0 Å². The van der Waals surface area contributed by atoms with E-state index in [1.807, 2.05) is 19.1 Å². The molecule has 3 rings (SSSR count). The highest BCUT2D eigenvalue weighted by Gasteiger charge is 2.11. The van der Waals surface area contributed by atoms with Crippen molar-refractivity contribution in [3.8, 4) is 11.4 Å². The van der Waals surface area contributed by atoms with Crippen LogP contribution >= 0.6 is 0 Å². The van der Waals surface area contributed by atoms with Crippen molar-refractivity contribution in [3.05, 3.63) is 68.9 Å². The lowest BCUT2D eigenvalue weighted by Crippen LogP contribution is -2.34. The molecule has 0 unspecified atom stereocenters. The number of fused-ring (bicyclic) bond motifs is 1. The maximum atomic E-state index is 12.7. The fourth-order valence-electron chi connectivity index (χ4n) is 2.35. The van der Waals surface area contributed by atoms with Gasteiger partial charge in [-0.1, -0.05) is 18.2 Å². The maximum absolute atomic E-state index is 12.7. The van der Waals surface area contributed by atoms with Gasteiger partial charge in [-0.15, -0.1) is 0 Å². The third-order valence-electron chi connectivity index (χ3n) is 3.46. The van der Waals surface area contributed by atoms with Crippen LogP contribution in [0.5, 0.6) is 5.75 Å². The number of rotatable bonds is 2. The molecule has 1 heterocycles. The number of ether oxygens (including phenoxy) is 1. The van der Waals surface area contributed by atoms with Crippen molar-refractivity contribution < 1.29 is 4.74 Å². The third-order valence-corrected chi connectivity index (χ3v) is 3.46. The Morgan fingerprint density at radius 2 is 1.86 bits per heavy atom. The summed E-state index contributed by atoms with van der Waals surface area (Å²) >= 11 is 0. The van der Waals surface area contributed by atoms with Gasteiger partial charge in [-0.3, -0.25) is 4.79 Å². The largest absolute Gasteiger partial charge is 0.497 e. The molecule has 21 heavy (non-hydrogen) atoms. The minimum Gasteiger partial charge on any atom is -0.497 e. The lowest BCUT2D eigenvalue weighted by Gasteiger charge is -2.09. The van der Waals surface area contributed by atoms with Crippen molar-refractivity contribution >= 4 is 10.9 Å². The summed E-state index contributed by atoms with van der Waals surface area (Å²) in [6, 6.07) is 12.3. The lowest BCUT2D eigenvalue weighted by atomic mass is 10.2. The smallest absolute Gasteiger partial charge is 0.333 e.